The molecule has 2 aromatic rings. The van der Waals surface area contributed by atoms with Gasteiger partial charge in [0.25, 0.3) is 0 Å². The van der Waals surface area contributed by atoms with E-state index in [9.17, 15) is 5.11 Å². The Morgan fingerprint density at radius 2 is 2.05 bits per heavy atom. The van der Waals surface area contributed by atoms with E-state index in [1.54, 1.807) is 0 Å². The Morgan fingerprint density at radius 1 is 1.32 bits per heavy atom. The highest BCUT2D eigenvalue weighted by molar-refractivity contribution is 5.75. The van der Waals surface area contributed by atoms with Gasteiger partial charge in [-0.2, -0.15) is 0 Å². The van der Waals surface area contributed by atoms with Gasteiger partial charge >= 0.3 is 0 Å². The Balaban J connectivity index is 2.01. The van der Waals surface area contributed by atoms with Gasteiger partial charge in [-0.15, -0.1) is 0 Å². The molecule has 0 fully saturated rings. The van der Waals surface area contributed by atoms with Crippen LogP contribution in [0.1, 0.15) is 38.6 Å². The van der Waals surface area contributed by atoms with Crippen LogP contribution in [0.5, 0.6) is 0 Å². The van der Waals surface area contributed by atoms with Crippen LogP contribution < -0.4 is 5.32 Å². The molecule has 0 aliphatic rings. The number of hydrogen-bond acceptors (Lipinski definition) is 3. The predicted octanol–water partition coefficient (Wildman–Crippen LogP) is 2.38. The summed E-state index contributed by atoms with van der Waals surface area (Å²) in [5.41, 5.74) is 2.20. The van der Waals surface area contributed by atoms with Crippen LogP contribution in [0.25, 0.3) is 11.0 Å². The number of rotatable bonds is 6. The zero-order chi connectivity index (χ0) is 13.8. The van der Waals surface area contributed by atoms with Crippen molar-refractivity contribution in [3.63, 3.8) is 0 Å². The molecule has 104 valence electrons. The number of hydrogen-bond donors (Lipinski definition) is 2. The molecular weight excluding hydrogens is 238 g/mol. The lowest BCUT2D eigenvalue weighted by atomic mass is 10.2. The fourth-order valence-electron chi connectivity index (χ4n) is 2.36. The molecule has 1 aromatic heterocycles. The minimum atomic E-state index is -0.215. The number of aliphatic hydroxyl groups excluding tert-OH is 1. The Labute approximate surface area is 114 Å². The maximum Gasteiger partial charge on any atom is 0.126 e. The van der Waals surface area contributed by atoms with Crippen LogP contribution in [-0.4, -0.2) is 27.3 Å². The van der Waals surface area contributed by atoms with Gasteiger partial charge in [0.05, 0.1) is 23.2 Å². The molecule has 0 radical (unpaired) electrons. The fraction of sp³-hybridized carbons (Fsp3) is 0.533. The second-order valence-electron chi connectivity index (χ2n) is 5.18. The monoisotopic (exact) mass is 261 g/mol. The predicted molar refractivity (Wildman–Crippen MR) is 78.0 cm³/mol. The third-order valence-electron chi connectivity index (χ3n) is 3.46. The third kappa shape index (κ3) is 3.33. The summed E-state index contributed by atoms with van der Waals surface area (Å²) in [6.45, 7) is 4.85. The molecule has 2 rings (SSSR count). The second-order valence-corrected chi connectivity index (χ2v) is 5.18. The third-order valence-corrected chi connectivity index (χ3v) is 3.46. The molecule has 2 N–H and O–H groups in total. The SMILES string of the molecule is CC(O)CCCNC(C)c1nc2ccccc2n1C. The smallest absolute Gasteiger partial charge is 0.126 e. The van der Waals surface area contributed by atoms with Gasteiger partial charge in [0.1, 0.15) is 5.82 Å². The molecule has 0 spiro atoms. The van der Waals surface area contributed by atoms with Crippen molar-refractivity contribution in [2.75, 3.05) is 6.54 Å². The molecule has 0 saturated heterocycles. The lowest BCUT2D eigenvalue weighted by Crippen LogP contribution is -2.23. The lowest BCUT2D eigenvalue weighted by molar-refractivity contribution is 0.181. The minimum Gasteiger partial charge on any atom is -0.393 e. The Hall–Kier alpha value is -1.39. The van der Waals surface area contributed by atoms with Crippen molar-refractivity contribution in [1.82, 2.24) is 14.9 Å². The van der Waals surface area contributed by atoms with Gasteiger partial charge < -0.3 is 15.0 Å². The van der Waals surface area contributed by atoms with E-state index >= 15 is 0 Å². The Bertz CT molecular complexity index is 533. The zero-order valence-corrected chi connectivity index (χ0v) is 11.9. The normalized spacial score (nSPS) is 14.7. The van der Waals surface area contributed by atoms with Crippen LogP contribution in [0.2, 0.25) is 0 Å². The van der Waals surface area contributed by atoms with Crippen molar-refractivity contribution in [3.8, 4) is 0 Å². The second kappa shape index (κ2) is 6.17. The molecule has 0 saturated carbocycles. The van der Waals surface area contributed by atoms with Crippen molar-refractivity contribution in [3.05, 3.63) is 30.1 Å². The number of para-hydroxylation sites is 2. The molecule has 2 unspecified atom stereocenters. The van der Waals surface area contributed by atoms with Gasteiger partial charge in [0, 0.05) is 7.05 Å². The van der Waals surface area contributed by atoms with Crippen molar-refractivity contribution >= 4 is 11.0 Å². The Kier molecular flexibility index (Phi) is 4.56. The van der Waals surface area contributed by atoms with E-state index in [-0.39, 0.29) is 12.1 Å². The largest absolute Gasteiger partial charge is 0.393 e. The van der Waals surface area contributed by atoms with E-state index in [2.05, 4.69) is 34.9 Å². The van der Waals surface area contributed by atoms with Gasteiger partial charge in [-0.25, -0.2) is 4.98 Å². The maximum absolute atomic E-state index is 9.23. The zero-order valence-electron chi connectivity index (χ0n) is 11.9. The molecule has 2 atom stereocenters. The van der Waals surface area contributed by atoms with E-state index in [0.717, 1.165) is 36.2 Å². The van der Waals surface area contributed by atoms with Crippen LogP contribution in [0, 0.1) is 0 Å². The molecule has 0 aliphatic carbocycles. The van der Waals surface area contributed by atoms with Crippen molar-refractivity contribution in [1.29, 1.82) is 0 Å². The summed E-state index contributed by atoms with van der Waals surface area (Å²) in [6.07, 6.45) is 1.60. The molecule has 0 amide bonds. The highest BCUT2D eigenvalue weighted by Gasteiger charge is 2.13. The molecule has 4 nitrogen and oxygen atoms in total. The minimum absolute atomic E-state index is 0.214. The summed E-state index contributed by atoms with van der Waals surface area (Å²) in [7, 11) is 2.05. The first-order chi connectivity index (χ1) is 9.09. The average molecular weight is 261 g/mol. The highest BCUT2D eigenvalue weighted by Crippen LogP contribution is 2.19. The first-order valence-electron chi connectivity index (χ1n) is 6.92. The maximum atomic E-state index is 9.23. The summed E-state index contributed by atoms with van der Waals surface area (Å²) in [6, 6.07) is 8.39. The molecule has 4 heteroatoms. The van der Waals surface area contributed by atoms with E-state index in [1.807, 2.05) is 25.1 Å². The first kappa shape index (κ1) is 14.0. The van der Waals surface area contributed by atoms with Crippen LogP contribution in [-0.2, 0) is 7.05 Å². The average Bonchev–Trinajstić information content (AvgIpc) is 2.72. The summed E-state index contributed by atoms with van der Waals surface area (Å²) in [5, 5.41) is 12.7. The van der Waals surface area contributed by atoms with Crippen LogP contribution >= 0.6 is 0 Å². The van der Waals surface area contributed by atoms with Gasteiger partial charge in [0.2, 0.25) is 0 Å². The highest BCUT2D eigenvalue weighted by atomic mass is 16.3. The van der Waals surface area contributed by atoms with E-state index in [4.69, 9.17) is 0 Å². The molecule has 1 heterocycles. The van der Waals surface area contributed by atoms with Gasteiger partial charge in [0.15, 0.2) is 0 Å². The van der Waals surface area contributed by atoms with Gasteiger partial charge in [-0.05, 0) is 45.4 Å². The van der Waals surface area contributed by atoms with Crippen LogP contribution in [0.3, 0.4) is 0 Å². The van der Waals surface area contributed by atoms with Gasteiger partial charge in [-0.3, -0.25) is 0 Å². The topological polar surface area (TPSA) is 50.1 Å². The standard InChI is InChI=1S/C15H23N3O/c1-11(19)7-6-10-16-12(2)15-17-13-8-4-5-9-14(13)18(15)3/h4-5,8-9,11-12,16,19H,6-7,10H2,1-3H3. The number of fused-ring (bicyclic) bond motifs is 1. The van der Waals surface area contributed by atoms with E-state index in [1.165, 1.54) is 0 Å². The van der Waals surface area contributed by atoms with Crippen molar-refractivity contribution < 1.29 is 5.11 Å². The first-order valence-corrected chi connectivity index (χ1v) is 6.92. The number of benzene rings is 1. The number of imidazole rings is 1. The van der Waals surface area contributed by atoms with Crippen molar-refractivity contribution in [2.45, 2.75) is 38.8 Å². The number of aryl methyl sites for hydroxylation is 1. The molecule has 1 aromatic carbocycles. The Morgan fingerprint density at radius 3 is 2.74 bits per heavy atom. The lowest BCUT2D eigenvalue weighted by Gasteiger charge is -2.14. The number of nitrogens with zero attached hydrogens (tertiary/aromatic N) is 2. The molecule has 0 aliphatic heterocycles. The fourth-order valence-corrected chi connectivity index (χ4v) is 2.36. The van der Waals surface area contributed by atoms with Crippen molar-refractivity contribution in [2.24, 2.45) is 7.05 Å². The number of nitrogens with one attached hydrogen (secondary N) is 1. The van der Waals surface area contributed by atoms with E-state index < -0.39 is 0 Å². The molecule has 0 bridgehead atoms. The number of aliphatic hydroxyl groups is 1. The summed E-state index contributed by atoms with van der Waals surface area (Å²) in [4.78, 5) is 4.68. The molecular formula is C15H23N3O. The van der Waals surface area contributed by atoms with E-state index in [0.29, 0.717) is 0 Å². The summed E-state index contributed by atoms with van der Waals surface area (Å²) >= 11 is 0. The quantitative estimate of drug-likeness (QED) is 0.785. The molecule has 19 heavy (non-hydrogen) atoms. The number of aromatic nitrogens is 2. The summed E-state index contributed by atoms with van der Waals surface area (Å²) in [5.74, 6) is 1.05. The van der Waals surface area contributed by atoms with Crippen LogP contribution in [0.15, 0.2) is 24.3 Å². The van der Waals surface area contributed by atoms with Crippen LogP contribution in [0.4, 0.5) is 0 Å². The summed E-state index contributed by atoms with van der Waals surface area (Å²) < 4.78 is 2.14. The van der Waals surface area contributed by atoms with Gasteiger partial charge in [-0.1, -0.05) is 12.1 Å².